The number of hydrogen-bond donors (Lipinski definition) is 1. The van der Waals surface area contributed by atoms with E-state index < -0.39 is 6.10 Å². The van der Waals surface area contributed by atoms with Crippen LogP contribution in [-0.2, 0) is 12.8 Å². The van der Waals surface area contributed by atoms with E-state index in [-0.39, 0.29) is 12.2 Å². The number of hydrogen-bond acceptors (Lipinski definition) is 10. The minimum atomic E-state index is -0.430. The van der Waals surface area contributed by atoms with E-state index in [0.717, 1.165) is 41.5 Å². The molecule has 284 valence electrons. The maximum Gasteiger partial charge on any atom is 0.256 e. The molecule has 0 bridgehead atoms. The summed E-state index contributed by atoms with van der Waals surface area (Å²) in [5, 5.41) is 18.4. The molecule has 12 nitrogen and oxygen atoms in total. The van der Waals surface area contributed by atoms with Gasteiger partial charge in [-0.1, -0.05) is 46.7 Å². The molecule has 0 spiro atoms. The molecule has 6 aromatic rings. The molecule has 4 aromatic carbocycles. The first kappa shape index (κ1) is 38.0. The zero-order valence-corrected chi connectivity index (χ0v) is 32.3. The van der Waals surface area contributed by atoms with Gasteiger partial charge < -0.3 is 28.5 Å². The van der Waals surface area contributed by atoms with Crippen LogP contribution in [-0.4, -0.2) is 56.6 Å². The van der Waals surface area contributed by atoms with Gasteiger partial charge in [-0.15, -0.1) is 0 Å². The lowest BCUT2D eigenvalue weighted by Gasteiger charge is -2.20. The van der Waals surface area contributed by atoms with Crippen LogP contribution in [0.25, 0.3) is 55.4 Å². The van der Waals surface area contributed by atoms with Crippen LogP contribution in [0.15, 0.2) is 81.8 Å². The van der Waals surface area contributed by atoms with Gasteiger partial charge in [0.25, 0.3) is 11.8 Å². The molecule has 0 amide bonds. The fourth-order valence-corrected chi connectivity index (χ4v) is 7.30. The predicted molar refractivity (Wildman–Crippen MR) is 212 cm³/mol. The van der Waals surface area contributed by atoms with Crippen molar-refractivity contribution in [2.24, 2.45) is 0 Å². The van der Waals surface area contributed by atoms with Crippen molar-refractivity contribution in [3.63, 3.8) is 0 Å². The highest BCUT2D eigenvalue weighted by atomic mass is 16.5. The van der Waals surface area contributed by atoms with E-state index in [0.29, 0.717) is 69.9 Å². The fraction of sp³-hybridized carbons (Fsp3) is 0.318. The normalized spacial score (nSPS) is 15.6. The van der Waals surface area contributed by atoms with Gasteiger partial charge in [-0.25, -0.2) is 9.69 Å². The largest absolute Gasteiger partial charge is 0.502 e. The van der Waals surface area contributed by atoms with E-state index in [1.54, 1.807) is 24.3 Å². The van der Waals surface area contributed by atoms with Crippen LogP contribution in [0.3, 0.4) is 0 Å². The summed E-state index contributed by atoms with van der Waals surface area (Å²) in [4.78, 5) is 18.5. The van der Waals surface area contributed by atoms with Crippen molar-refractivity contribution in [1.82, 2.24) is 25.2 Å². The first-order valence-electron chi connectivity index (χ1n) is 18.7. The second kappa shape index (κ2) is 16.2. The zero-order chi connectivity index (χ0) is 39.5. The Hall–Kier alpha value is -6.34. The maximum absolute atomic E-state index is 10.1. The second-order valence-corrected chi connectivity index (χ2v) is 14.6. The van der Waals surface area contributed by atoms with Gasteiger partial charge in [-0.3, -0.25) is 0 Å². The standard InChI is InChI=1S/C23H24N4O2.C21H19N3O3/c1-14(2)28-21-12-9-15(13-19(21)24-3)23-25-22(26-29-23)18-8-6-7-17-16(18)10-11-20(17)27(4)5;1-12(2)26-19-10-7-13(11-17(19)22-3)21-23-20(24-27-21)16-6-4-5-15-14(16)8-9-18(15)25/h6-9,12-14,20H,10-11H2,1-2,4-5H3;4-7,10-12,18,25H,8-9H2,1-2H3. The van der Waals surface area contributed by atoms with Gasteiger partial charge in [0.05, 0.1) is 31.5 Å². The van der Waals surface area contributed by atoms with Crippen molar-refractivity contribution in [2.45, 2.75) is 77.7 Å². The molecule has 2 aromatic heterocycles. The predicted octanol–water partition coefficient (Wildman–Crippen LogP) is 10.0. The third kappa shape index (κ3) is 7.76. The monoisotopic (exact) mass is 749 g/mol. The number of rotatable bonds is 9. The van der Waals surface area contributed by atoms with Gasteiger partial charge in [0, 0.05) is 28.3 Å². The van der Waals surface area contributed by atoms with E-state index in [1.165, 1.54) is 11.1 Å². The second-order valence-electron chi connectivity index (χ2n) is 14.6. The molecule has 0 radical (unpaired) electrons. The Morgan fingerprint density at radius 2 is 1.18 bits per heavy atom. The Labute approximate surface area is 326 Å². The molecule has 1 N–H and O–H groups in total. The average Bonchev–Trinajstić information content (AvgIpc) is 4.02. The summed E-state index contributed by atoms with van der Waals surface area (Å²) in [5.74, 6) is 2.93. The minimum absolute atomic E-state index is 0.00234. The summed E-state index contributed by atoms with van der Waals surface area (Å²) >= 11 is 0. The van der Waals surface area contributed by atoms with Crippen LogP contribution < -0.4 is 9.47 Å². The highest BCUT2D eigenvalue weighted by molar-refractivity contribution is 5.72. The lowest BCUT2D eigenvalue weighted by Crippen LogP contribution is -2.17. The van der Waals surface area contributed by atoms with Crippen molar-refractivity contribution in [3.8, 4) is 57.2 Å². The lowest BCUT2D eigenvalue weighted by molar-refractivity contribution is 0.180. The smallest absolute Gasteiger partial charge is 0.256 e. The van der Waals surface area contributed by atoms with E-state index in [2.05, 4.69) is 67.2 Å². The Bertz CT molecular complexity index is 2450. The number of aromatic nitrogens is 4. The highest BCUT2D eigenvalue weighted by Gasteiger charge is 2.28. The van der Waals surface area contributed by atoms with Crippen LogP contribution in [0.1, 0.15) is 74.9 Å². The molecule has 0 aliphatic heterocycles. The molecule has 0 saturated heterocycles. The minimum Gasteiger partial charge on any atom is -0.502 e. The molecule has 56 heavy (non-hydrogen) atoms. The van der Waals surface area contributed by atoms with Crippen molar-refractivity contribution >= 4 is 11.4 Å². The van der Waals surface area contributed by atoms with Crippen molar-refractivity contribution in [1.29, 1.82) is 0 Å². The molecule has 2 aliphatic carbocycles. The number of benzene rings is 4. The Morgan fingerprint density at radius 1 is 0.696 bits per heavy atom. The highest BCUT2D eigenvalue weighted by Crippen LogP contribution is 2.41. The summed E-state index contributed by atoms with van der Waals surface area (Å²) in [6.07, 6.45) is 3.16. The molecule has 2 heterocycles. The molecule has 2 aliphatic rings. The fourth-order valence-electron chi connectivity index (χ4n) is 7.30. The summed E-state index contributed by atoms with van der Waals surface area (Å²) in [6, 6.07) is 23.1. The first-order chi connectivity index (χ1) is 27.0. The number of fused-ring (bicyclic) bond motifs is 2. The number of nitrogens with zero attached hydrogens (tertiary/aromatic N) is 7. The quantitative estimate of drug-likeness (QED) is 0.143. The van der Waals surface area contributed by atoms with Gasteiger partial charge >= 0.3 is 0 Å². The Kier molecular flexibility index (Phi) is 11.0. The third-order valence-electron chi connectivity index (χ3n) is 9.81. The van der Waals surface area contributed by atoms with Crippen molar-refractivity contribution < 1.29 is 23.6 Å². The molecular formula is C44H43N7O5. The summed E-state index contributed by atoms with van der Waals surface area (Å²) < 4.78 is 22.3. The summed E-state index contributed by atoms with van der Waals surface area (Å²) in [6.45, 7) is 22.5. The van der Waals surface area contributed by atoms with Crippen LogP contribution in [0.5, 0.6) is 11.5 Å². The number of ether oxygens (including phenoxy) is 2. The van der Waals surface area contributed by atoms with Crippen LogP contribution in [0.4, 0.5) is 11.4 Å². The van der Waals surface area contributed by atoms with E-state index in [4.69, 9.17) is 31.7 Å². The molecule has 0 saturated carbocycles. The zero-order valence-electron chi connectivity index (χ0n) is 32.3. The SMILES string of the molecule is [C-]#[N+]c1cc(-c2nc(-c3cccc4c3CCC4N(C)C)no2)ccc1OC(C)C.[C-]#[N+]c1cc(-c2nc(-c3cccc4c3CCC4O)no2)ccc1OC(C)C. The van der Waals surface area contributed by atoms with Crippen LogP contribution >= 0.6 is 0 Å². The summed E-state index contributed by atoms with van der Waals surface area (Å²) in [5.41, 5.74) is 8.76. The molecule has 2 unspecified atom stereocenters. The molecular weight excluding hydrogens is 707 g/mol. The molecule has 8 rings (SSSR count). The summed E-state index contributed by atoms with van der Waals surface area (Å²) in [7, 11) is 4.22. The van der Waals surface area contributed by atoms with Gasteiger partial charge in [0.15, 0.2) is 0 Å². The van der Waals surface area contributed by atoms with Crippen molar-refractivity contribution in [2.75, 3.05) is 14.1 Å². The first-order valence-corrected chi connectivity index (χ1v) is 18.7. The van der Waals surface area contributed by atoms with E-state index in [9.17, 15) is 5.11 Å². The van der Waals surface area contributed by atoms with Crippen LogP contribution in [0, 0.1) is 13.1 Å². The van der Waals surface area contributed by atoms with Gasteiger partial charge in [0.2, 0.25) is 23.0 Å². The topological polar surface area (TPSA) is 128 Å². The number of aliphatic hydroxyl groups is 1. The molecule has 2 atom stereocenters. The van der Waals surface area contributed by atoms with Crippen molar-refractivity contribution in [3.05, 3.63) is 118 Å². The Morgan fingerprint density at radius 3 is 1.66 bits per heavy atom. The van der Waals surface area contributed by atoms with E-state index >= 15 is 0 Å². The van der Waals surface area contributed by atoms with E-state index in [1.807, 2.05) is 58.0 Å². The van der Waals surface area contributed by atoms with Gasteiger partial charge in [-0.05, 0) is 126 Å². The number of aliphatic hydroxyl groups excluding tert-OH is 1. The van der Waals surface area contributed by atoms with Gasteiger partial charge in [-0.2, -0.15) is 9.97 Å². The lowest BCUT2D eigenvalue weighted by atomic mass is 10.0. The average molecular weight is 750 g/mol. The Balaban J connectivity index is 0.000000172. The molecule has 12 heteroatoms. The third-order valence-corrected chi connectivity index (χ3v) is 9.81. The van der Waals surface area contributed by atoms with Gasteiger partial charge in [0.1, 0.15) is 11.5 Å². The van der Waals surface area contributed by atoms with Crippen LogP contribution in [0.2, 0.25) is 0 Å². The maximum atomic E-state index is 10.1. The molecule has 0 fully saturated rings.